The summed E-state index contributed by atoms with van der Waals surface area (Å²) in [6, 6.07) is 7.66. The second-order valence-electron chi connectivity index (χ2n) is 3.88. The molecule has 0 unspecified atom stereocenters. The number of hydrogen-bond acceptors (Lipinski definition) is 3. The van der Waals surface area contributed by atoms with Crippen LogP contribution < -0.4 is 4.74 Å². The lowest BCUT2D eigenvalue weighted by molar-refractivity contribution is 0.111. The van der Waals surface area contributed by atoms with Gasteiger partial charge in [0.2, 0.25) is 0 Å². The molecular formula is C13H14N2O2. The Morgan fingerprint density at radius 1 is 1.35 bits per heavy atom. The van der Waals surface area contributed by atoms with Gasteiger partial charge in [0, 0.05) is 12.6 Å². The van der Waals surface area contributed by atoms with Gasteiger partial charge in [0.15, 0.2) is 6.29 Å². The lowest BCUT2D eigenvalue weighted by atomic mass is 10.1. The molecule has 2 aromatic rings. The molecule has 1 aromatic carbocycles. The van der Waals surface area contributed by atoms with E-state index >= 15 is 0 Å². The molecule has 0 spiro atoms. The van der Waals surface area contributed by atoms with Crippen LogP contribution in [0.25, 0.3) is 11.3 Å². The van der Waals surface area contributed by atoms with Crippen LogP contribution in [0.3, 0.4) is 0 Å². The van der Waals surface area contributed by atoms with Crippen molar-refractivity contribution in [1.82, 2.24) is 9.78 Å². The highest BCUT2D eigenvalue weighted by Crippen LogP contribution is 2.25. The van der Waals surface area contributed by atoms with Gasteiger partial charge in [-0.3, -0.25) is 9.48 Å². The van der Waals surface area contributed by atoms with Gasteiger partial charge in [-0.2, -0.15) is 5.10 Å². The summed E-state index contributed by atoms with van der Waals surface area (Å²) in [6.45, 7) is 1.99. The highest BCUT2D eigenvalue weighted by Gasteiger charge is 2.08. The van der Waals surface area contributed by atoms with Crippen LogP contribution >= 0.6 is 0 Å². The maximum atomic E-state index is 10.7. The Bertz CT molecular complexity index is 559. The summed E-state index contributed by atoms with van der Waals surface area (Å²) in [5.74, 6) is 0.853. The molecule has 0 amide bonds. The molecule has 0 N–H and O–H groups in total. The summed E-state index contributed by atoms with van der Waals surface area (Å²) in [5, 5.41) is 4.10. The Kier molecular flexibility index (Phi) is 2.95. The Balaban J connectivity index is 2.49. The lowest BCUT2D eigenvalue weighted by Crippen LogP contribution is -1.95. The third-order valence-corrected chi connectivity index (χ3v) is 2.71. The minimum absolute atomic E-state index is 0.441. The predicted octanol–water partition coefficient (Wildman–Crippen LogP) is 2.22. The molecule has 0 atom stereocenters. The average molecular weight is 230 g/mol. The first-order chi connectivity index (χ1) is 8.15. The van der Waals surface area contributed by atoms with E-state index in [2.05, 4.69) is 5.10 Å². The minimum atomic E-state index is 0.441. The smallest absolute Gasteiger partial charge is 0.170 e. The van der Waals surface area contributed by atoms with E-state index in [0.717, 1.165) is 28.9 Å². The van der Waals surface area contributed by atoms with Gasteiger partial charge in [0.25, 0.3) is 0 Å². The van der Waals surface area contributed by atoms with E-state index in [4.69, 9.17) is 4.74 Å². The first-order valence-corrected chi connectivity index (χ1v) is 5.30. The monoisotopic (exact) mass is 230 g/mol. The molecule has 0 aliphatic carbocycles. The van der Waals surface area contributed by atoms with E-state index in [1.165, 1.54) is 0 Å². The highest BCUT2D eigenvalue weighted by molar-refractivity contribution is 5.75. The maximum absolute atomic E-state index is 10.7. The fourth-order valence-electron chi connectivity index (χ4n) is 1.85. The van der Waals surface area contributed by atoms with E-state index in [1.54, 1.807) is 17.9 Å². The molecule has 4 nitrogen and oxygen atoms in total. The Morgan fingerprint density at radius 3 is 2.65 bits per heavy atom. The first kappa shape index (κ1) is 11.4. The van der Waals surface area contributed by atoms with Crippen molar-refractivity contribution in [2.45, 2.75) is 6.92 Å². The van der Waals surface area contributed by atoms with Gasteiger partial charge >= 0.3 is 0 Å². The molecule has 88 valence electrons. The third-order valence-electron chi connectivity index (χ3n) is 2.71. The van der Waals surface area contributed by atoms with Crippen molar-refractivity contribution in [1.29, 1.82) is 0 Å². The predicted molar refractivity (Wildman–Crippen MR) is 65.3 cm³/mol. The van der Waals surface area contributed by atoms with Gasteiger partial charge in [-0.05, 0) is 36.8 Å². The fraction of sp³-hybridized carbons (Fsp3) is 0.231. The van der Waals surface area contributed by atoms with Crippen molar-refractivity contribution < 1.29 is 9.53 Å². The molecule has 0 aliphatic rings. The maximum Gasteiger partial charge on any atom is 0.170 e. The molecule has 17 heavy (non-hydrogen) atoms. The number of benzene rings is 1. The minimum Gasteiger partial charge on any atom is -0.496 e. The fourth-order valence-corrected chi connectivity index (χ4v) is 1.85. The van der Waals surface area contributed by atoms with E-state index in [-0.39, 0.29) is 0 Å². The van der Waals surface area contributed by atoms with E-state index < -0.39 is 0 Å². The number of nitrogens with zero attached hydrogens (tertiary/aromatic N) is 2. The number of carbonyl (C=O) groups excluding carboxylic acids is 1. The zero-order valence-corrected chi connectivity index (χ0v) is 10.1. The average Bonchev–Trinajstić information content (AvgIpc) is 2.70. The summed E-state index contributed by atoms with van der Waals surface area (Å²) >= 11 is 0. The SMILES string of the molecule is COc1ccc(-c2cc(C=O)nn2C)cc1C. The first-order valence-electron chi connectivity index (χ1n) is 5.30. The Morgan fingerprint density at radius 2 is 2.12 bits per heavy atom. The van der Waals surface area contributed by atoms with Gasteiger partial charge in [0.1, 0.15) is 11.4 Å². The van der Waals surface area contributed by atoms with Gasteiger partial charge in [-0.1, -0.05) is 0 Å². The second-order valence-corrected chi connectivity index (χ2v) is 3.88. The lowest BCUT2D eigenvalue weighted by Gasteiger charge is -2.07. The molecule has 0 saturated carbocycles. The molecule has 1 aromatic heterocycles. The summed E-state index contributed by atoms with van der Waals surface area (Å²) in [4.78, 5) is 10.7. The van der Waals surface area contributed by atoms with Crippen LogP contribution in [-0.2, 0) is 7.05 Å². The third kappa shape index (κ3) is 2.06. The zero-order chi connectivity index (χ0) is 12.4. The number of ether oxygens (including phenoxy) is 1. The molecule has 1 heterocycles. The van der Waals surface area contributed by atoms with Gasteiger partial charge in [-0.25, -0.2) is 0 Å². The van der Waals surface area contributed by atoms with Crippen LogP contribution in [0.4, 0.5) is 0 Å². The van der Waals surface area contributed by atoms with E-state index in [1.807, 2.05) is 32.2 Å². The zero-order valence-electron chi connectivity index (χ0n) is 10.1. The number of carbonyl (C=O) groups is 1. The van der Waals surface area contributed by atoms with E-state index in [0.29, 0.717) is 5.69 Å². The van der Waals surface area contributed by atoms with Crippen molar-refractivity contribution in [3.05, 3.63) is 35.5 Å². The van der Waals surface area contributed by atoms with Crippen LogP contribution in [0.5, 0.6) is 5.75 Å². The second kappa shape index (κ2) is 4.41. The number of hydrogen-bond donors (Lipinski definition) is 0. The summed E-state index contributed by atoms with van der Waals surface area (Å²) in [6.07, 6.45) is 0.750. The van der Waals surface area contributed by atoms with Crippen molar-refractivity contribution in [2.24, 2.45) is 7.05 Å². The molecule has 0 bridgehead atoms. The summed E-state index contributed by atoms with van der Waals surface area (Å²) in [7, 11) is 3.47. The van der Waals surface area contributed by atoms with Crippen LogP contribution in [0.2, 0.25) is 0 Å². The molecule has 0 fully saturated rings. The van der Waals surface area contributed by atoms with E-state index in [9.17, 15) is 4.79 Å². The molecule has 2 rings (SSSR count). The molecule has 0 aliphatic heterocycles. The van der Waals surface area contributed by atoms with Crippen molar-refractivity contribution in [2.75, 3.05) is 7.11 Å². The molecule has 0 radical (unpaired) electrons. The highest BCUT2D eigenvalue weighted by atomic mass is 16.5. The number of methoxy groups -OCH3 is 1. The number of aldehydes is 1. The number of aromatic nitrogens is 2. The van der Waals surface area contributed by atoms with Crippen LogP contribution in [0, 0.1) is 6.92 Å². The normalized spacial score (nSPS) is 10.3. The number of rotatable bonds is 3. The van der Waals surface area contributed by atoms with Gasteiger partial charge in [-0.15, -0.1) is 0 Å². The molecular weight excluding hydrogens is 216 g/mol. The molecule has 0 saturated heterocycles. The van der Waals surface area contributed by atoms with Crippen molar-refractivity contribution in [3.8, 4) is 17.0 Å². The Labute approximate surface area is 99.8 Å². The number of aryl methyl sites for hydroxylation is 2. The standard InChI is InChI=1S/C13H14N2O2/c1-9-6-10(4-5-13(9)17-3)12-7-11(8-16)14-15(12)2/h4-8H,1-3H3. The van der Waals surface area contributed by atoms with Crippen LogP contribution in [-0.4, -0.2) is 23.2 Å². The van der Waals surface area contributed by atoms with Gasteiger partial charge < -0.3 is 4.74 Å². The topological polar surface area (TPSA) is 44.1 Å². The van der Waals surface area contributed by atoms with Gasteiger partial charge in [0.05, 0.1) is 12.8 Å². The summed E-state index contributed by atoms with van der Waals surface area (Å²) < 4.78 is 6.91. The van der Waals surface area contributed by atoms with Crippen LogP contribution in [0.1, 0.15) is 16.1 Å². The quantitative estimate of drug-likeness (QED) is 0.759. The van der Waals surface area contributed by atoms with Crippen LogP contribution in [0.15, 0.2) is 24.3 Å². The van der Waals surface area contributed by atoms with Crippen molar-refractivity contribution in [3.63, 3.8) is 0 Å². The largest absolute Gasteiger partial charge is 0.496 e. The molecule has 4 heteroatoms. The van der Waals surface area contributed by atoms with Crippen molar-refractivity contribution >= 4 is 6.29 Å². The summed E-state index contributed by atoms with van der Waals surface area (Å²) in [5.41, 5.74) is 3.43. The Hall–Kier alpha value is -2.10.